The zero-order valence-electron chi connectivity index (χ0n) is 13.3. The smallest absolute Gasteiger partial charge is 0.349 e. The number of benzene rings is 2. The van der Waals surface area contributed by atoms with Crippen molar-refractivity contribution in [1.82, 2.24) is 0 Å². The number of hydrogen-bond donors (Lipinski definition) is 2. The van der Waals surface area contributed by atoms with E-state index in [4.69, 9.17) is 9.47 Å². The third-order valence-electron chi connectivity index (χ3n) is 3.25. The predicted octanol–water partition coefficient (Wildman–Crippen LogP) is 1.61. The van der Waals surface area contributed by atoms with Gasteiger partial charge in [-0.2, -0.15) is 0 Å². The van der Waals surface area contributed by atoms with Crippen LogP contribution < -0.4 is 0 Å². The lowest BCUT2D eigenvalue weighted by Gasteiger charge is -2.21. The molecule has 1 unspecified atom stereocenters. The largest absolute Gasteiger partial charge is 0.478 e. The molecule has 0 bridgehead atoms. The highest BCUT2D eigenvalue weighted by molar-refractivity contribution is 5.95. The molecule has 134 valence electrons. The van der Waals surface area contributed by atoms with Crippen LogP contribution in [0.15, 0.2) is 60.7 Å². The first kappa shape index (κ1) is 18.7. The van der Waals surface area contributed by atoms with E-state index < -0.39 is 36.1 Å². The molecular formula is C18H14O8. The number of carbonyl (C=O) groups is 4. The van der Waals surface area contributed by atoms with E-state index in [1.54, 1.807) is 12.1 Å². The molecule has 0 aliphatic rings. The maximum Gasteiger partial charge on any atom is 0.349 e. The summed E-state index contributed by atoms with van der Waals surface area (Å²) in [5.74, 6) is -5.63. The zero-order chi connectivity index (χ0) is 19.1. The van der Waals surface area contributed by atoms with Gasteiger partial charge in [0.05, 0.1) is 11.1 Å². The summed E-state index contributed by atoms with van der Waals surface area (Å²) in [5.41, 5.74) is 0.0505. The molecule has 0 aliphatic heterocycles. The van der Waals surface area contributed by atoms with Gasteiger partial charge in [0.1, 0.15) is 0 Å². The molecule has 0 saturated heterocycles. The number of esters is 2. The summed E-state index contributed by atoms with van der Waals surface area (Å²) in [6.07, 6.45) is -4.43. The van der Waals surface area contributed by atoms with Crippen molar-refractivity contribution < 1.29 is 38.9 Å². The molecule has 0 saturated carbocycles. The minimum Gasteiger partial charge on any atom is -0.478 e. The van der Waals surface area contributed by atoms with Gasteiger partial charge < -0.3 is 19.7 Å². The van der Waals surface area contributed by atoms with Crippen molar-refractivity contribution in [1.29, 1.82) is 0 Å². The van der Waals surface area contributed by atoms with Crippen LogP contribution in [0.2, 0.25) is 0 Å². The van der Waals surface area contributed by atoms with Crippen molar-refractivity contribution in [3.05, 3.63) is 71.8 Å². The Labute approximate surface area is 147 Å². The number of aliphatic carboxylic acids is 2. The van der Waals surface area contributed by atoms with Crippen LogP contribution in [0.4, 0.5) is 0 Å². The van der Waals surface area contributed by atoms with E-state index in [-0.39, 0.29) is 11.1 Å². The molecule has 0 aliphatic carbocycles. The van der Waals surface area contributed by atoms with E-state index in [0.717, 1.165) is 0 Å². The molecule has 2 aromatic carbocycles. The van der Waals surface area contributed by atoms with E-state index in [1.165, 1.54) is 48.5 Å². The van der Waals surface area contributed by atoms with Gasteiger partial charge in [0, 0.05) is 0 Å². The van der Waals surface area contributed by atoms with E-state index >= 15 is 0 Å². The highest BCUT2D eigenvalue weighted by Crippen LogP contribution is 2.13. The summed E-state index contributed by atoms with van der Waals surface area (Å²) in [6.45, 7) is 0. The van der Waals surface area contributed by atoms with Crippen LogP contribution in [0.3, 0.4) is 0 Å². The summed E-state index contributed by atoms with van der Waals surface area (Å²) in [4.78, 5) is 46.8. The van der Waals surface area contributed by atoms with Crippen LogP contribution in [0, 0.1) is 0 Å². The third kappa shape index (κ3) is 4.67. The van der Waals surface area contributed by atoms with Crippen molar-refractivity contribution in [3.8, 4) is 0 Å². The van der Waals surface area contributed by atoms with Crippen LogP contribution in [-0.2, 0) is 19.1 Å². The molecule has 0 fully saturated rings. The molecule has 2 aromatic rings. The quantitative estimate of drug-likeness (QED) is 0.715. The van der Waals surface area contributed by atoms with Crippen LogP contribution in [0.25, 0.3) is 0 Å². The number of rotatable bonds is 7. The van der Waals surface area contributed by atoms with Gasteiger partial charge in [-0.1, -0.05) is 36.4 Å². The van der Waals surface area contributed by atoms with Crippen molar-refractivity contribution >= 4 is 23.9 Å². The lowest BCUT2D eigenvalue weighted by Crippen LogP contribution is -2.45. The van der Waals surface area contributed by atoms with E-state index in [1.807, 2.05) is 0 Å². The second-order valence-electron chi connectivity index (χ2n) is 5.06. The second kappa shape index (κ2) is 8.43. The Bertz CT molecular complexity index is 731. The van der Waals surface area contributed by atoms with E-state index in [0.29, 0.717) is 0 Å². The van der Waals surface area contributed by atoms with Gasteiger partial charge in [0.2, 0.25) is 12.2 Å². The molecule has 8 nitrogen and oxygen atoms in total. The van der Waals surface area contributed by atoms with E-state index in [9.17, 15) is 29.4 Å². The Morgan fingerprint density at radius 2 is 0.923 bits per heavy atom. The van der Waals surface area contributed by atoms with Gasteiger partial charge in [0.15, 0.2) is 0 Å². The highest BCUT2D eigenvalue weighted by atomic mass is 16.6. The Morgan fingerprint density at radius 1 is 0.615 bits per heavy atom. The topological polar surface area (TPSA) is 127 Å². The average Bonchev–Trinajstić information content (AvgIpc) is 2.65. The van der Waals surface area contributed by atoms with Crippen molar-refractivity contribution in [2.45, 2.75) is 12.2 Å². The molecule has 0 aromatic heterocycles. The molecule has 0 spiro atoms. The molecule has 26 heavy (non-hydrogen) atoms. The molecule has 2 atom stereocenters. The Kier molecular flexibility index (Phi) is 6.05. The fourth-order valence-corrected chi connectivity index (χ4v) is 2.00. The SMILES string of the molecule is O=C(OC(C(=O)O)[C@@H](OC(=O)c1ccccc1)C(=O)O)c1ccccc1. The van der Waals surface area contributed by atoms with Gasteiger partial charge in [-0.3, -0.25) is 0 Å². The lowest BCUT2D eigenvalue weighted by atomic mass is 10.1. The lowest BCUT2D eigenvalue weighted by molar-refractivity contribution is -0.166. The van der Waals surface area contributed by atoms with Gasteiger partial charge in [-0.05, 0) is 24.3 Å². The predicted molar refractivity (Wildman–Crippen MR) is 86.6 cm³/mol. The maximum absolute atomic E-state index is 12.0. The Hall–Kier alpha value is -3.68. The molecule has 2 N–H and O–H groups in total. The van der Waals surface area contributed by atoms with Gasteiger partial charge in [0.25, 0.3) is 0 Å². The summed E-state index contributed by atoms with van der Waals surface area (Å²) in [7, 11) is 0. The highest BCUT2D eigenvalue weighted by Gasteiger charge is 2.40. The molecular weight excluding hydrogens is 344 g/mol. The summed E-state index contributed by atoms with van der Waals surface area (Å²) >= 11 is 0. The van der Waals surface area contributed by atoms with Crippen molar-refractivity contribution in [2.24, 2.45) is 0 Å². The zero-order valence-corrected chi connectivity index (χ0v) is 13.3. The van der Waals surface area contributed by atoms with Crippen LogP contribution in [0.1, 0.15) is 20.7 Å². The molecule has 2 rings (SSSR count). The first-order valence-electron chi connectivity index (χ1n) is 7.38. The molecule has 8 heteroatoms. The fraction of sp³-hybridized carbons (Fsp3) is 0.111. The average molecular weight is 358 g/mol. The van der Waals surface area contributed by atoms with Crippen molar-refractivity contribution in [3.63, 3.8) is 0 Å². The maximum atomic E-state index is 12.0. The molecule has 0 heterocycles. The Morgan fingerprint density at radius 3 is 1.19 bits per heavy atom. The third-order valence-corrected chi connectivity index (χ3v) is 3.25. The normalized spacial score (nSPS) is 12.5. The first-order chi connectivity index (χ1) is 12.4. The molecule has 0 radical (unpaired) electrons. The number of carboxylic acid groups (broad SMARTS) is 2. The Balaban J connectivity index is 2.20. The van der Waals surface area contributed by atoms with Crippen LogP contribution >= 0.6 is 0 Å². The second-order valence-corrected chi connectivity index (χ2v) is 5.06. The minimum absolute atomic E-state index is 0.0253. The van der Waals surface area contributed by atoms with Crippen LogP contribution in [-0.4, -0.2) is 46.3 Å². The van der Waals surface area contributed by atoms with Gasteiger partial charge in [-0.15, -0.1) is 0 Å². The number of ether oxygens (including phenoxy) is 2. The first-order valence-corrected chi connectivity index (χ1v) is 7.38. The summed E-state index contributed by atoms with van der Waals surface area (Å²) in [6, 6.07) is 14.8. The van der Waals surface area contributed by atoms with Gasteiger partial charge >= 0.3 is 23.9 Å². The molecule has 0 amide bonds. The summed E-state index contributed by atoms with van der Waals surface area (Å²) in [5, 5.41) is 18.5. The number of carbonyl (C=O) groups excluding carboxylic acids is 2. The number of carboxylic acids is 2. The van der Waals surface area contributed by atoms with Crippen LogP contribution in [0.5, 0.6) is 0 Å². The van der Waals surface area contributed by atoms with Crippen molar-refractivity contribution in [2.75, 3.05) is 0 Å². The minimum atomic E-state index is -2.21. The fourth-order valence-electron chi connectivity index (χ4n) is 2.00. The van der Waals surface area contributed by atoms with E-state index in [2.05, 4.69) is 0 Å². The number of hydrogen-bond acceptors (Lipinski definition) is 6. The van der Waals surface area contributed by atoms with Gasteiger partial charge in [-0.25, -0.2) is 19.2 Å². The summed E-state index contributed by atoms with van der Waals surface area (Å²) < 4.78 is 9.52. The monoisotopic (exact) mass is 358 g/mol. The standard InChI is InChI=1S/C18H14O8/c19-15(20)13(25-17(23)11-7-3-1-4-8-11)14(16(21)22)26-18(24)12-9-5-2-6-10-12/h1-10,13-14H,(H,19,20)(H,21,22)/t13-,14?/m1/s1.